The molecule has 2 fully saturated rings. The van der Waals surface area contributed by atoms with Crippen LogP contribution < -0.4 is 0 Å². The van der Waals surface area contributed by atoms with Gasteiger partial charge in [0.2, 0.25) is 0 Å². The first-order chi connectivity index (χ1) is 10.1. The fourth-order valence-corrected chi connectivity index (χ4v) is 2.64. The van der Waals surface area contributed by atoms with Gasteiger partial charge in [-0.3, -0.25) is 19.5 Å². The monoisotopic (exact) mass is 304 g/mol. The largest absolute Gasteiger partial charge is 0.364 e. The molecule has 0 aromatic heterocycles. The molecule has 10 nitrogen and oxygen atoms in total. The fourth-order valence-electron chi connectivity index (χ4n) is 2.64. The number of methoxy groups -OCH3 is 3. The Labute approximate surface area is 122 Å². The van der Waals surface area contributed by atoms with Crippen LogP contribution in [0.4, 0.5) is 9.59 Å². The predicted octanol–water partition coefficient (Wildman–Crippen LogP) is -0.513. The van der Waals surface area contributed by atoms with E-state index in [0.717, 1.165) is 5.06 Å². The van der Waals surface area contributed by atoms with Gasteiger partial charge in [0.05, 0.1) is 7.11 Å². The van der Waals surface area contributed by atoms with E-state index < -0.39 is 12.3 Å². The third-order valence-corrected chi connectivity index (χ3v) is 3.39. The van der Waals surface area contributed by atoms with Crippen LogP contribution in [0.5, 0.6) is 0 Å². The van der Waals surface area contributed by atoms with Crippen molar-refractivity contribution < 1.29 is 28.6 Å². The molecular formula is C11H20N4O6. The summed E-state index contributed by atoms with van der Waals surface area (Å²) in [5.74, 6) is 0. The second-order valence-electron chi connectivity index (χ2n) is 4.56. The maximum atomic E-state index is 12.4. The molecule has 2 aliphatic rings. The highest BCUT2D eigenvalue weighted by atomic mass is 16.7. The number of carbonyl (C=O) groups excluding carboxylic acids is 2. The summed E-state index contributed by atoms with van der Waals surface area (Å²) in [4.78, 5) is 34.2. The minimum Gasteiger partial charge on any atom is -0.364 e. The van der Waals surface area contributed by atoms with E-state index in [4.69, 9.17) is 19.0 Å². The number of rotatable bonds is 7. The Kier molecular flexibility index (Phi) is 4.83. The van der Waals surface area contributed by atoms with Crippen LogP contribution >= 0.6 is 0 Å². The molecule has 0 N–H and O–H groups in total. The van der Waals surface area contributed by atoms with E-state index >= 15 is 0 Å². The first kappa shape index (κ1) is 15.8. The molecule has 0 saturated carbocycles. The minimum atomic E-state index is -0.625. The van der Waals surface area contributed by atoms with E-state index in [2.05, 4.69) is 0 Å². The van der Waals surface area contributed by atoms with Gasteiger partial charge in [-0.2, -0.15) is 5.06 Å². The number of hydrogen-bond acceptors (Lipinski definition) is 6. The summed E-state index contributed by atoms with van der Waals surface area (Å²) >= 11 is 0. The average Bonchev–Trinajstić information content (AvgIpc) is 2.88. The van der Waals surface area contributed by atoms with Gasteiger partial charge in [0.15, 0.2) is 12.3 Å². The van der Waals surface area contributed by atoms with Gasteiger partial charge in [-0.1, -0.05) is 0 Å². The smallest absolute Gasteiger partial charge is 0.349 e. The lowest BCUT2D eigenvalue weighted by molar-refractivity contribution is -0.141. The van der Waals surface area contributed by atoms with Gasteiger partial charge in [-0.25, -0.2) is 9.59 Å². The van der Waals surface area contributed by atoms with Crippen molar-refractivity contribution in [3.05, 3.63) is 0 Å². The van der Waals surface area contributed by atoms with Crippen LogP contribution in [0.25, 0.3) is 0 Å². The number of amides is 4. The van der Waals surface area contributed by atoms with E-state index in [1.165, 1.54) is 43.1 Å². The summed E-state index contributed by atoms with van der Waals surface area (Å²) in [6.45, 7) is 0.119. The maximum Gasteiger partial charge on any atom is 0.349 e. The summed E-state index contributed by atoms with van der Waals surface area (Å²) in [5, 5.41) is 1.14. The molecule has 0 radical (unpaired) electrons. The minimum absolute atomic E-state index is 0.0359. The molecule has 0 aliphatic carbocycles. The van der Waals surface area contributed by atoms with Gasteiger partial charge in [0.25, 0.3) is 0 Å². The van der Waals surface area contributed by atoms with Crippen molar-refractivity contribution in [1.29, 1.82) is 0 Å². The van der Waals surface area contributed by atoms with Crippen molar-refractivity contribution >= 4 is 12.1 Å². The van der Waals surface area contributed by atoms with E-state index in [0.29, 0.717) is 0 Å². The van der Waals surface area contributed by atoms with Gasteiger partial charge in [-0.05, 0) is 0 Å². The number of urea groups is 2. The Hall–Kier alpha value is -1.62. The van der Waals surface area contributed by atoms with Crippen molar-refractivity contribution in [2.45, 2.75) is 12.3 Å². The summed E-state index contributed by atoms with van der Waals surface area (Å²) in [5.41, 5.74) is 0. The molecule has 0 aromatic carbocycles. The zero-order valence-electron chi connectivity index (χ0n) is 12.5. The number of hydroxylamine groups is 2. The number of fused-ring (bicyclic) bond motifs is 1. The molecule has 2 atom stereocenters. The third kappa shape index (κ3) is 2.39. The second-order valence-corrected chi connectivity index (χ2v) is 4.56. The normalized spacial score (nSPS) is 25.3. The van der Waals surface area contributed by atoms with Gasteiger partial charge < -0.3 is 14.2 Å². The number of nitrogens with zero attached hydrogens (tertiary/aromatic N) is 4. The Balaban J connectivity index is 2.36. The standard InChI is InChI=1S/C11H20N4O6/c1-18-5-12-8-9(14(7-20-3)10(12)16)15(21-4)11(17)13(8)6-19-2/h8-9H,5-7H2,1-4H3. The molecule has 2 heterocycles. The molecular weight excluding hydrogens is 284 g/mol. The molecule has 2 saturated heterocycles. The van der Waals surface area contributed by atoms with Crippen molar-refractivity contribution in [2.24, 2.45) is 0 Å². The van der Waals surface area contributed by atoms with Crippen LogP contribution in [0.3, 0.4) is 0 Å². The molecule has 120 valence electrons. The molecule has 2 unspecified atom stereocenters. The van der Waals surface area contributed by atoms with E-state index in [-0.39, 0.29) is 32.3 Å². The van der Waals surface area contributed by atoms with Crippen LogP contribution in [0.15, 0.2) is 0 Å². The molecule has 4 amide bonds. The molecule has 10 heteroatoms. The summed E-state index contributed by atoms with van der Waals surface area (Å²) in [7, 11) is 5.80. The Bertz CT molecular complexity index is 404. The van der Waals surface area contributed by atoms with Crippen LogP contribution in [0, 0.1) is 0 Å². The van der Waals surface area contributed by atoms with Crippen molar-refractivity contribution in [1.82, 2.24) is 19.8 Å². The highest BCUT2D eigenvalue weighted by Crippen LogP contribution is 2.34. The van der Waals surface area contributed by atoms with Crippen LogP contribution in [0.2, 0.25) is 0 Å². The van der Waals surface area contributed by atoms with Crippen LogP contribution in [-0.2, 0) is 19.0 Å². The topological polar surface area (TPSA) is 84.0 Å². The lowest BCUT2D eigenvalue weighted by Gasteiger charge is -2.27. The molecule has 2 rings (SSSR count). The van der Waals surface area contributed by atoms with E-state index in [9.17, 15) is 9.59 Å². The highest BCUT2D eigenvalue weighted by molar-refractivity contribution is 5.84. The Morgan fingerprint density at radius 1 is 0.762 bits per heavy atom. The SMILES string of the molecule is COCN1C(=O)N(COC)C2C1N(COC)C(=O)N2OC. The Morgan fingerprint density at radius 3 is 1.62 bits per heavy atom. The average molecular weight is 304 g/mol. The molecule has 0 bridgehead atoms. The number of ether oxygens (including phenoxy) is 3. The highest BCUT2D eigenvalue weighted by Gasteiger charge is 2.60. The summed E-state index contributed by atoms with van der Waals surface area (Å²) < 4.78 is 15.2. The summed E-state index contributed by atoms with van der Waals surface area (Å²) in [6, 6.07) is -0.687. The third-order valence-electron chi connectivity index (χ3n) is 3.39. The van der Waals surface area contributed by atoms with E-state index in [1.54, 1.807) is 0 Å². The lowest BCUT2D eigenvalue weighted by Crippen LogP contribution is -2.47. The fraction of sp³-hybridized carbons (Fsp3) is 0.818. The van der Waals surface area contributed by atoms with Gasteiger partial charge in [-0.15, -0.1) is 0 Å². The van der Waals surface area contributed by atoms with Crippen LogP contribution in [0.1, 0.15) is 0 Å². The number of carbonyl (C=O) groups is 2. The van der Waals surface area contributed by atoms with Crippen molar-refractivity contribution in [3.8, 4) is 0 Å². The van der Waals surface area contributed by atoms with Crippen LogP contribution in [-0.4, -0.2) is 92.8 Å². The van der Waals surface area contributed by atoms with Gasteiger partial charge in [0, 0.05) is 21.3 Å². The second kappa shape index (κ2) is 6.43. The van der Waals surface area contributed by atoms with Crippen molar-refractivity contribution in [3.63, 3.8) is 0 Å². The van der Waals surface area contributed by atoms with E-state index in [1.807, 2.05) is 0 Å². The Morgan fingerprint density at radius 2 is 1.19 bits per heavy atom. The summed E-state index contributed by atoms with van der Waals surface area (Å²) in [6.07, 6.45) is -1.19. The zero-order valence-corrected chi connectivity index (χ0v) is 12.5. The maximum absolute atomic E-state index is 12.4. The van der Waals surface area contributed by atoms with Gasteiger partial charge in [0.1, 0.15) is 20.2 Å². The first-order valence-electron chi connectivity index (χ1n) is 6.30. The lowest BCUT2D eigenvalue weighted by atomic mass is 10.4. The molecule has 21 heavy (non-hydrogen) atoms. The molecule has 2 aliphatic heterocycles. The number of hydrogen-bond donors (Lipinski definition) is 0. The first-order valence-corrected chi connectivity index (χ1v) is 6.30. The quantitative estimate of drug-likeness (QED) is 0.630. The molecule has 0 spiro atoms. The molecule has 0 aromatic rings. The van der Waals surface area contributed by atoms with Gasteiger partial charge >= 0.3 is 12.1 Å². The van der Waals surface area contributed by atoms with Crippen molar-refractivity contribution in [2.75, 3.05) is 48.6 Å². The predicted molar refractivity (Wildman–Crippen MR) is 68.4 cm³/mol. The zero-order chi connectivity index (χ0) is 15.6.